The second-order valence-electron chi connectivity index (χ2n) is 22.0. The van der Waals surface area contributed by atoms with Gasteiger partial charge in [0.15, 0.2) is 5.71 Å². The maximum atomic E-state index is 11.8. The number of fused-ring (bicyclic) bond motifs is 6. The lowest BCUT2D eigenvalue weighted by atomic mass is 9.78. The first kappa shape index (κ1) is 53.8. The van der Waals surface area contributed by atoms with E-state index in [1.165, 1.54) is 131 Å². The Labute approximate surface area is 439 Å². The van der Waals surface area contributed by atoms with Gasteiger partial charge < -0.3 is 14.5 Å². The van der Waals surface area contributed by atoms with Crippen molar-refractivity contribution in [1.29, 1.82) is 0 Å². The molecule has 5 aromatic carbocycles. The Kier molecular flexibility index (Phi) is 17.9. The van der Waals surface area contributed by atoms with Crippen molar-refractivity contribution in [3.05, 3.63) is 155 Å². The molecular weight excluding hydrogens is 919 g/mol. The molecule has 2 aliphatic heterocycles. The van der Waals surface area contributed by atoms with Gasteiger partial charge in [0, 0.05) is 66.2 Å². The second-order valence-corrected chi connectivity index (χ2v) is 23.6. The van der Waals surface area contributed by atoms with E-state index in [1.807, 2.05) is 0 Å². The molecule has 0 saturated heterocycles. The molecule has 8 rings (SSSR count). The lowest BCUT2D eigenvalue weighted by Gasteiger charge is -2.28. The largest absolute Gasteiger partial charge is 0.457 e. The van der Waals surface area contributed by atoms with Crippen LogP contribution in [-0.4, -0.2) is 55.2 Å². The molecule has 0 bridgehead atoms. The highest BCUT2D eigenvalue weighted by Gasteiger charge is 2.46. The number of anilines is 2. The second kappa shape index (κ2) is 24.3. The Morgan fingerprint density at radius 3 is 1.95 bits per heavy atom. The standard InChI is InChI=1S/C65H83N3O4S/c1-8-11-14-21-44-66(45-22-15-12-9-2)53-36-38-54(39-37-53)72-63-51(34-42-59-64(4,5)61-55-30-18-16-26-49(55)32-40-57(61)67(59)46-20-13-10-3)28-25-29-52(63)35-43-60-65(6,7)62-56-31-19-17-27-50(56)33-41-58(62)68(60)47-23-24-48-73(69,70)71/h16-19,26-27,30-43H,8-15,20-25,28-29,44-48H2,1-7H3/p+1. The first-order valence-corrected chi connectivity index (χ1v) is 29.7. The minimum Gasteiger partial charge on any atom is -0.457 e. The third-order valence-corrected chi connectivity index (χ3v) is 16.7. The van der Waals surface area contributed by atoms with Crippen molar-refractivity contribution in [2.75, 3.05) is 41.7 Å². The molecule has 0 fully saturated rings. The van der Waals surface area contributed by atoms with Crippen molar-refractivity contribution < 1.29 is 22.3 Å². The molecule has 73 heavy (non-hydrogen) atoms. The van der Waals surface area contributed by atoms with Crippen LogP contribution >= 0.6 is 0 Å². The monoisotopic (exact) mass is 1000 g/mol. The van der Waals surface area contributed by atoms with Crippen molar-refractivity contribution in [2.45, 2.75) is 162 Å². The predicted molar refractivity (Wildman–Crippen MR) is 310 cm³/mol. The summed E-state index contributed by atoms with van der Waals surface area (Å²) in [4.78, 5) is 5.19. The molecule has 0 unspecified atom stereocenters. The molecule has 0 saturated carbocycles. The summed E-state index contributed by atoms with van der Waals surface area (Å²) in [6, 6.07) is 35.4. The highest BCUT2D eigenvalue weighted by atomic mass is 32.2. The molecule has 0 aromatic heterocycles. The van der Waals surface area contributed by atoms with Crippen molar-refractivity contribution in [3.63, 3.8) is 0 Å². The van der Waals surface area contributed by atoms with Crippen LogP contribution in [0.15, 0.2) is 144 Å². The molecule has 0 amide bonds. The topological polar surface area (TPSA) is 73.1 Å². The van der Waals surface area contributed by atoms with E-state index in [0.29, 0.717) is 19.4 Å². The highest BCUT2D eigenvalue weighted by molar-refractivity contribution is 7.85. The van der Waals surface area contributed by atoms with E-state index in [1.54, 1.807) is 0 Å². The van der Waals surface area contributed by atoms with Crippen LogP contribution in [0.1, 0.15) is 162 Å². The molecule has 3 aliphatic rings. The van der Waals surface area contributed by atoms with Crippen LogP contribution in [0, 0.1) is 0 Å². The number of rotatable bonds is 25. The number of hydrogen-bond acceptors (Lipinski definition) is 5. The van der Waals surface area contributed by atoms with Gasteiger partial charge in [-0.2, -0.15) is 13.0 Å². The van der Waals surface area contributed by atoms with Crippen LogP contribution in [0.4, 0.5) is 17.1 Å². The van der Waals surface area contributed by atoms with Gasteiger partial charge in [-0.25, -0.2) is 0 Å². The SMILES string of the molecule is CCCCCCN(CCCCCC)c1ccc(OC2=C(/C=C/C3=[N+](CCCCS(=O)(=O)O)c4ccc5ccccc5c4C3(C)C)CCC/C2=C\C=C2\N(CCCCC)c3ccc4ccccc4c3C2(C)C)cc1. The molecule has 5 aromatic rings. The summed E-state index contributed by atoms with van der Waals surface area (Å²) in [5, 5.41) is 5.04. The van der Waals surface area contributed by atoms with E-state index in [0.717, 1.165) is 62.5 Å². The van der Waals surface area contributed by atoms with E-state index in [-0.39, 0.29) is 16.6 Å². The zero-order chi connectivity index (χ0) is 51.6. The minimum absolute atomic E-state index is 0.217. The average Bonchev–Trinajstić information content (AvgIpc) is 3.74. The third-order valence-electron chi connectivity index (χ3n) is 15.9. The van der Waals surface area contributed by atoms with E-state index in [9.17, 15) is 13.0 Å². The molecule has 0 radical (unpaired) electrons. The zero-order valence-electron chi connectivity index (χ0n) is 45.3. The number of unbranched alkanes of at least 4 members (excludes halogenated alkanes) is 9. The number of allylic oxidation sites excluding steroid dienone is 7. The number of nitrogens with zero attached hydrogens (tertiary/aromatic N) is 3. The van der Waals surface area contributed by atoms with Crippen LogP contribution in [0.25, 0.3) is 21.5 Å². The van der Waals surface area contributed by atoms with Crippen LogP contribution in [0.5, 0.6) is 5.75 Å². The summed E-state index contributed by atoms with van der Waals surface area (Å²) in [6.45, 7) is 20.0. The molecule has 7 nitrogen and oxygen atoms in total. The van der Waals surface area contributed by atoms with Gasteiger partial charge in [-0.05, 0) is 146 Å². The minimum atomic E-state index is -4.05. The fourth-order valence-electron chi connectivity index (χ4n) is 12.0. The third kappa shape index (κ3) is 12.4. The quantitative estimate of drug-likeness (QED) is 0.0357. The predicted octanol–water partition coefficient (Wildman–Crippen LogP) is 16.9. The molecule has 8 heteroatoms. The number of ether oxygens (including phenoxy) is 1. The maximum absolute atomic E-state index is 11.8. The summed E-state index contributed by atoms with van der Waals surface area (Å²) in [7, 11) is -4.05. The first-order chi connectivity index (χ1) is 35.3. The van der Waals surface area contributed by atoms with Crippen molar-refractivity contribution >= 4 is 54.4 Å². The molecule has 0 atom stereocenters. The van der Waals surface area contributed by atoms with Crippen LogP contribution in [0.2, 0.25) is 0 Å². The van der Waals surface area contributed by atoms with Gasteiger partial charge in [-0.15, -0.1) is 0 Å². The van der Waals surface area contributed by atoms with E-state index in [2.05, 4.69) is 184 Å². The van der Waals surface area contributed by atoms with Gasteiger partial charge in [0.1, 0.15) is 18.1 Å². The summed E-state index contributed by atoms with van der Waals surface area (Å²) < 4.78 is 42.8. The smallest absolute Gasteiger partial charge is 0.264 e. The lowest BCUT2D eigenvalue weighted by Crippen LogP contribution is -2.28. The zero-order valence-corrected chi connectivity index (χ0v) is 46.1. The Balaban J connectivity index is 1.21. The van der Waals surface area contributed by atoms with Gasteiger partial charge in [0.25, 0.3) is 10.1 Å². The Morgan fingerprint density at radius 2 is 1.29 bits per heavy atom. The molecule has 2 heterocycles. The molecular formula is C65H84N3O4S+. The van der Waals surface area contributed by atoms with Gasteiger partial charge in [-0.3, -0.25) is 4.55 Å². The molecule has 1 N–H and O–H groups in total. The number of hydrogen-bond donors (Lipinski definition) is 1. The molecule has 388 valence electrons. The first-order valence-electron chi connectivity index (χ1n) is 28.0. The van der Waals surface area contributed by atoms with E-state index in [4.69, 9.17) is 4.74 Å². The van der Waals surface area contributed by atoms with Gasteiger partial charge >= 0.3 is 0 Å². The Hall–Kier alpha value is -5.44. The summed E-state index contributed by atoms with van der Waals surface area (Å²) in [6.07, 6.45) is 26.7. The molecule has 0 spiro atoms. The summed E-state index contributed by atoms with van der Waals surface area (Å²) in [5.74, 6) is 1.53. The van der Waals surface area contributed by atoms with Crippen molar-refractivity contribution in [3.8, 4) is 5.75 Å². The van der Waals surface area contributed by atoms with Gasteiger partial charge in [0.2, 0.25) is 5.69 Å². The van der Waals surface area contributed by atoms with E-state index >= 15 is 0 Å². The average molecular weight is 1000 g/mol. The lowest BCUT2D eigenvalue weighted by molar-refractivity contribution is -0.438. The molecule has 1 aliphatic carbocycles. The van der Waals surface area contributed by atoms with Crippen LogP contribution in [-0.2, 0) is 20.9 Å². The van der Waals surface area contributed by atoms with Gasteiger partial charge in [0.05, 0.1) is 11.2 Å². The number of benzene rings is 5. The van der Waals surface area contributed by atoms with Crippen LogP contribution in [0.3, 0.4) is 0 Å². The van der Waals surface area contributed by atoms with Gasteiger partial charge in [-0.1, -0.05) is 147 Å². The van der Waals surface area contributed by atoms with Crippen LogP contribution < -0.4 is 14.5 Å². The Morgan fingerprint density at radius 1 is 0.658 bits per heavy atom. The summed E-state index contributed by atoms with van der Waals surface area (Å²) in [5.41, 5.74) is 10.7. The van der Waals surface area contributed by atoms with Crippen molar-refractivity contribution in [2.24, 2.45) is 0 Å². The van der Waals surface area contributed by atoms with E-state index < -0.39 is 10.1 Å². The fraction of sp³-hybridized carbons (Fsp3) is 0.462. The summed E-state index contributed by atoms with van der Waals surface area (Å²) >= 11 is 0. The van der Waals surface area contributed by atoms with Crippen molar-refractivity contribution in [1.82, 2.24) is 0 Å². The Bertz CT molecular complexity index is 2980. The maximum Gasteiger partial charge on any atom is 0.264 e. The highest BCUT2D eigenvalue weighted by Crippen LogP contribution is 2.51. The normalized spacial score (nSPS) is 17.5. The fourth-order valence-corrected chi connectivity index (χ4v) is 12.6.